The second kappa shape index (κ2) is 5.73. The van der Waals surface area contributed by atoms with Gasteiger partial charge in [-0.15, -0.1) is 22.9 Å². The number of fused-ring (bicyclic) bond motifs is 1. The highest BCUT2D eigenvalue weighted by Crippen LogP contribution is 2.26. The number of aromatic nitrogens is 3. The summed E-state index contributed by atoms with van der Waals surface area (Å²) in [6.07, 6.45) is 1.81. The summed E-state index contributed by atoms with van der Waals surface area (Å²) in [4.78, 5) is 8.80. The number of alkyl halides is 1. The van der Waals surface area contributed by atoms with Gasteiger partial charge >= 0.3 is 0 Å². The molecule has 0 saturated carbocycles. The van der Waals surface area contributed by atoms with Gasteiger partial charge in [0.15, 0.2) is 0 Å². The molecule has 0 aliphatic carbocycles. The lowest BCUT2D eigenvalue weighted by atomic mass is 10.1. The van der Waals surface area contributed by atoms with E-state index in [0.29, 0.717) is 17.0 Å². The summed E-state index contributed by atoms with van der Waals surface area (Å²) < 4.78 is 15.8. The van der Waals surface area contributed by atoms with E-state index in [1.165, 1.54) is 6.07 Å². The molecule has 110 valence electrons. The quantitative estimate of drug-likeness (QED) is 0.663. The number of rotatable bonds is 4. The smallest absolute Gasteiger partial charge is 0.128 e. The third kappa shape index (κ3) is 2.68. The van der Waals surface area contributed by atoms with Crippen molar-refractivity contribution in [3.63, 3.8) is 0 Å². The van der Waals surface area contributed by atoms with Crippen LogP contribution in [0.15, 0.2) is 23.7 Å². The van der Waals surface area contributed by atoms with Crippen LogP contribution in [0.1, 0.15) is 29.2 Å². The summed E-state index contributed by atoms with van der Waals surface area (Å²) in [6.45, 7) is 4.62. The van der Waals surface area contributed by atoms with Gasteiger partial charge in [0.05, 0.1) is 21.9 Å². The maximum atomic E-state index is 13.7. The van der Waals surface area contributed by atoms with Crippen LogP contribution in [0.4, 0.5) is 4.39 Å². The van der Waals surface area contributed by atoms with Crippen LogP contribution in [0.3, 0.4) is 0 Å². The van der Waals surface area contributed by atoms with Gasteiger partial charge in [-0.3, -0.25) is 0 Å². The molecule has 1 aromatic carbocycles. The van der Waals surface area contributed by atoms with Gasteiger partial charge in [-0.2, -0.15) is 0 Å². The summed E-state index contributed by atoms with van der Waals surface area (Å²) in [6, 6.07) is 3.31. The molecule has 0 spiro atoms. The Kier molecular flexibility index (Phi) is 3.95. The van der Waals surface area contributed by atoms with Crippen molar-refractivity contribution in [2.24, 2.45) is 0 Å². The standard InChI is InChI=1S/C15H15ClFN3S/c1-9-5-13-12(6-11(9)17)19-14(7-16)20(13)8-10(2)15-18-3-4-21-15/h3-6,10H,7-8H2,1-2H3. The molecule has 3 nitrogen and oxygen atoms in total. The molecule has 3 rings (SSSR count). The van der Waals surface area contributed by atoms with E-state index < -0.39 is 0 Å². The van der Waals surface area contributed by atoms with Gasteiger partial charge in [-0.05, 0) is 18.6 Å². The molecule has 2 aromatic heterocycles. The van der Waals surface area contributed by atoms with E-state index in [2.05, 4.69) is 21.5 Å². The van der Waals surface area contributed by atoms with Crippen molar-refractivity contribution in [1.29, 1.82) is 0 Å². The molecule has 0 N–H and O–H groups in total. The van der Waals surface area contributed by atoms with Gasteiger partial charge in [0.2, 0.25) is 0 Å². The van der Waals surface area contributed by atoms with Crippen molar-refractivity contribution in [2.75, 3.05) is 0 Å². The van der Waals surface area contributed by atoms with Crippen LogP contribution in [0.25, 0.3) is 11.0 Å². The maximum Gasteiger partial charge on any atom is 0.128 e. The largest absolute Gasteiger partial charge is 0.326 e. The van der Waals surface area contributed by atoms with Crippen molar-refractivity contribution in [3.05, 3.63) is 45.9 Å². The Morgan fingerprint density at radius 2 is 2.24 bits per heavy atom. The van der Waals surface area contributed by atoms with Gasteiger partial charge in [-0.25, -0.2) is 14.4 Å². The Hall–Kier alpha value is -1.46. The lowest BCUT2D eigenvalue weighted by molar-refractivity contribution is 0.591. The SMILES string of the molecule is Cc1cc2c(cc1F)nc(CCl)n2CC(C)c1nccs1. The van der Waals surface area contributed by atoms with Crippen LogP contribution in [-0.2, 0) is 12.4 Å². The minimum atomic E-state index is -0.235. The highest BCUT2D eigenvalue weighted by atomic mass is 35.5. The maximum absolute atomic E-state index is 13.7. The molecule has 1 atom stereocenters. The van der Waals surface area contributed by atoms with Crippen LogP contribution in [0.5, 0.6) is 0 Å². The Morgan fingerprint density at radius 3 is 2.90 bits per heavy atom. The Bertz CT molecular complexity index is 767. The number of hydrogen-bond acceptors (Lipinski definition) is 3. The zero-order valence-electron chi connectivity index (χ0n) is 11.8. The second-order valence-corrected chi connectivity index (χ2v) is 6.33. The fourth-order valence-corrected chi connectivity index (χ4v) is 3.33. The van der Waals surface area contributed by atoms with Gasteiger partial charge in [0.25, 0.3) is 0 Å². The number of aryl methyl sites for hydroxylation is 1. The second-order valence-electron chi connectivity index (χ2n) is 5.13. The molecule has 0 aliphatic rings. The summed E-state index contributed by atoms with van der Waals surface area (Å²) in [5, 5.41) is 3.05. The van der Waals surface area contributed by atoms with E-state index in [1.807, 2.05) is 17.6 Å². The van der Waals surface area contributed by atoms with E-state index in [1.54, 1.807) is 18.3 Å². The molecular weight excluding hydrogens is 309 g/mol. The average Bonchev–Trinajstić information content (AvgIpc) is 3.09. The molecule has 0 saturated heterocycles. The highest BCUT2D eigenvalue weighted by molar-refractivity contribution is 7.09. The van der Waals surface area contributed by atoms with Crippen molar-refractivity contribution < 1.29 is 4.39 Å². The lowest BCUT2D eigenvalue weighted by Crippen LogP contribution is -2.09. The van der Waals surface area contributed by atoms with Crippen molar-refractivity contribution in [3.8, 4) is 0 Å². The number of thiazole rings is 1. The topological polar surface area (TPSA) is 30.7 Å². The summed E-state index contributed by atoms with van der Waals surface area (Å²) >= 11 is 7.64. The molecule has 0 fully saturated rings. The third-order valence-electron chi connectivity index (χ3n) is 3.56. The van der Waals surface area contributed by atoms with Gasteiger partial charge in [0, 0.05) is 30.1 Å². The first kappa shape index (κ1) is 14.5. The number of benzene rings is 1. The summed E-state index contributed by atoms with van der Waals surface area (Å²) in [5.41, 5.74) is 2.19. The first-order valence-electron chi connectivity index (χ1n) is 6.70. The van der Waals surface area contributed by atoms with Crippen molar-refractivity contribution in [1.82, 2.24) is 14.5 Å². The normalized spacial score (nSPS) is 13.0. The molecule has 0 amide bonds. The third-order valence-corrected chi connectivity index (χ3v) is 4.80. The van der Waals surface area contributed by atoms with E-state index in [4.69, 9.17) is 11.6 Å². The van der Waals surface area contributed by atoms with Crippen LogP contribution in [0.2, 0.25) is 0 Å². The number of imidazole rings is 1. The van der Waals surface area contributed by atoms with E-state index >= 15 is 0 Å². The van der Waals surface area contributed by atoms with Gasteiger partial charge in [0.1, 0.15) is 11.6 Å². The monoisotopic (exact) mass is 323 g/mol. The minimum absolute atomic E-state index is 0.235. The number of halogens is 2. The van der Waals surface area contributed by atoms with Crippen LogP contribution in [-0.4, -0.2) is 14.5 Å². The van der Waals surface area contributed by atoms with Crippen LogP contribution >= 0.6 is 22.9 Å². The average molecular weight is 324 g/mol. The summed E-state index contributed by atoms with van der Waals surface area (Å²) in [7, 11) is 0. The van der Waals surface area contributed by atoms with Crippen molar-refractivity contribution >= 4 is 34.0 Å². The first-order chi connectivity index (χ1) is 10.1. The highest BCUT2D eigenvalue weighted by Gasteiger charge is 2.16. The van der Waals surface area contributed by atoms with Crippen LogP contribution < -0.4 is 0 Å². The van der Waals surface area contributed by atoms with E-state index in [0.717, 1.165) is 22.9 Å². The zero-order chi connectivity index (χ0) is 15.0. The summed E-state index contributed by atoms with van der Waals surface area (Å²) in [5.74, 6) is 1.09. The number of nitrogens with zero attached hydrogens (tertiary/aromatic N) is 3. The fourth-order valence-electron chi connectivity index (χ4n) is 2.44. The predicted molar refractivity (Wildman–Crippen MR) is 84.5 cm³/mol. The van der Waals surface area contributed by atoms with E-state index in [9.17, 15) is 4.39 Å². The molecule has 1 unspecified atom stereocenters. The number of hydrogen-bond donors (Lipinski definition) is 0. The van der Waals surface area contributed by atoms with Crippen molar-refractivity contribution in [2.45, 2.75) is 32.2 Å². The molecular formula is C15H15ClFN3S. The predicted octanol–water partition coefficient (Wildman–Crippen LogP) is 4.48. The van der Waals surface area contributed by atoms with Crippen LogP contribution in [0, 0.1) is 12.7 Å². The Morgan fingerprint density at radius 1 is 1.43 bits per heavy atom. The Balaban J connectivity index is 2.05. The van der Waals surface area contributed by atoms with Gasteiger partial charge in [-0.1, -0.05) is 6.92 Å². The molecule has 6 heteroatoms. The molecule has 3 aromatic rings. The molecule has 2 heterocycles. The molecule has 0 radical (unpaired) electrons. The van der Waals surface area contributed by atoms with E-state index in [-0.39, 0.29) is 11.7 Å². The first-order valence-corrected chi connectivity index (χ1v) is 8.12. The minimum Gasteiger partial charge on any atom is -0.326 e. The Labute approximate surface area is 131 Å². The molecule has 21 heavy (non-hydrogen) atoms. The fraction of sp³-hybridized carbons (Fsp3) is 0.333. The zero-order valence-corrected chi connectivity index (χ0v) is 13.4. The molecule has 0 aliphatic heterocycles. The molecule has 0 bridgehead atoms. The van der Waals surface area contributed by atoms with Gasteiger partial charge < -0.3 is 4.57 Å². The lowest BCUT2D eigenvalue weighted by Gasteiger charge is -2.13.